The Kier molecular flexibility index (Phi) is 3.97. The summed E-state index contributed by atoms with van der Waals surface area (Å²) in [6.45, 7) is 0.434. The minimum atomic E-state index is -0.215. The van der Waals surface area contributed by atoms with Gasteiger partial charge in [-0.05, 0) is 68.3 Å². The third-order valence-corrected chi connectivity index (χ3v) is 5.37. The Bertz CT molecular complexity index is 418. The maximum Gasteiger partial charge on any atom is 0.331 e. The van der Waals surface area contributed by atoms with E-state index < -0.39 is 0 Å². The molecule has 1 heterocycles. The van der Waals surface area contributed by atoms with Crippen molar-refractivity contribution in [3.8, 4) is 0 Å². The molecular formula is C17H24O3. The van der Waals surface area contributed by atoms with Gasteiger partial charge < -0.3 is 9.84 Å². The predicted octanol–water partition coefficient (Wildman–Crippen LogP) is 3.14. The second-order valence-electron chi connectivity index (χ2n) is 6.75. The molecule has 1 aliphatic heterocycles. The normalized spacial score (nSPS) is 38.2. The van der Waals surface area contributed by atoms with Crippen LogP contribution in [0.4, 0.5) is 0 Å². The Hall–Kier alpha value is -1.09. The first-order valence-corrected chi connectivity index (χ1v) is 7.89. The van der Waals surface area contributed by atoms with E-state index in [2.05, 4.69) is 12.2 Å². The Morgan fingerprint density at radius 1 is 1.15 bits per heavy atom. The molecule has 0 amide bonds. The monoisotopic (exact) mass is 276 g/mol. The number of ether oxygens (including phenoxy) is 1. The Labute approximate surface area is 120 Å². The lowest BCUT2D eigenvalue weighted by Gasteiger charge is -2.43. The predicted molar refractivity (Wildman–Crippen MR) is 77.0 cm³/mol. The molecule has 3 aliphatic rings. The van der Waals surface area contributed by atoms with Gasteiger partial charge in [0.15, 0.2) is 0 Å². The van der Waals surface area contributed by atoms with Gasteiger partial charge in [-0.3, -0.25) is 0 Å². The van der Waals surface area contributed by atoms with Gasteiger partial charge >= 0.3 is 5.97 Å². The van der Waals surface area contributed by atoms with Crippen LogP contribution < -0.4 is 0 Å². The molecule has 3 rings (SSSR count). The molecule has 0 aromatic heterocycles. The molecule has 0 aromatic rings. The summed E-state index contributed by atoms with van der Waals surface area (Å²) >= 11 is 0. The second kappa shape index (κ2) is 5.72. The lowest BCUT2D eigenvalue weighted by molar-refractivity contribution is -0.134. The molecule has 1 spiro atoms. The van der Waals surface area contributed by atoms with Crippen LogP contribution >= 0.6 is 0 Å². The third-order valence-electron chi connectivity index (χ3n) is 5.37. The number of rotatable bonds is 2. The van der Waals surface area contributed by atoms with Crippen molar-refractivity contribution in [3.63, 3.8) is 0 Å². The summed E-state index contributed by atoms with van der Waals surface area (Å²) < 4.78 is 4.90. The Morgan fingerprint density at radius 3 is 2.40 bits per heavy atom. The highest BCUT2D eigenvalue weighted by atomic mass is 16.5. The van der Waals surface area contributed by atoms with Crippen molar-refractivity contribution in [2.75, 3.05) is 6.61 Å². The molecular weight excluding hydrogens is 252 g/mol. The number of carbonyl (C=O) groups excluding carboxylic acids is 1. The second-order valence-corrected chi connectivity index (χ2v) is 6.75. The minimum absolute atomic E-state index is 0.0508. The maximum atomic E-state index is 11.0. The molecule has 1 N–H and O–H groups in total. The van der Waals surface area contributed by atoms with Crippen molar-refractivity contribution in [2.45, 2.75) is 57.5 Å². The van der Waals surface area contributed by atoms with E-state index in [1.54, 1.807) is 6.08 Å². The van der Waals surface area contributed by atoms with E-state index in [0.29, 0.717) is 17.9 Å². The number of cyclic esters (lactones) is 1. The molecule has 0 aromatic carbocycles. The van der Waals surface area contributed by atoms with Crippen molar-refractivity contribution in [3.05, 3.63) is 23.8 Å². The summed E-state index contributed by atoms with van der Waals surface area (Å²) in [6.07, 6.45) is 15.3. The molecule has 3 nitrogen and oxygen atoms in total. The van der Waals surface area contributed by atoms with E-state index in [-0.39, 0.29) is 12.1 Å². The van der Waals surface area contributed by atoms with Gasteiger partial charge in [0.25, 0.3) is 0 Å². The van der Waals surface area contributed by atoms with E-state index in [1.807, 2.05) is 0 Å². The summed E-state index contributed by atoms with van der Waals surface area (Å²) in [6, 6.07) is 0. The molecule has 2 aliphatic carbocycles. The summed E-state index contributed by atoms with van der Waals surface area (Å²) in [5, 5.41) is 9.65. The third kappa shape index (κ3) is 3.14. The topological polar surface area (TPSA) is 46.5 Å². The van der Waals surface area contributed by atoms with Crippen molar-refractivity contribution in [2.24, 2.45) is 11.3 Å². The highest BCUT2D eigenvalue weighted by Gasteiger charge is 2.37. The molecule has 2 fully saturated rings. The molecule has 0 bridgehead atoms. The van der Waals surface area contributed by atoms with Gasteiger partial charge in [0, 0.05) is 6.08 Å². The number of allylic oxidation sites excluding steroid dienone is 1. The molecule has 0 saturated heterocycles. The smallest absolute Gasteiger partial charge is 0.331 e. The first kappa shape index (κ1) is 13.9. The minimum Gasteiger partial charge on any atom is -0.458 e. The Balaban J connectivity index is 1.50. The Morgan fingerprint density at radius 2 is 1.80 bits per heavy atom. The number of hydrogen-bond donors (Lipinski definition) is 1. The van der Waals surface area contributed by atoms with E-state index >= 15 is 0 Å². The fourth-order valence-corrected chi connectivity index (χ4v) is 3.90. The summed E-state index contributed by atoms with van der Waals surface area (Å²) in [7, 11) is 0. The van der Waals surface area contributed by atoms with Crippen LogP contribution in [0.3, 0.4) is 0 Å². The highest BCUT2D eigenvalue weighted by molar-refractivity contribution is 5.85. The molecule has 3 heteroatoms. The van der Waals surface area contributed by atoms with Crippen LogP contribution in [0.25, 0.3) is 0 Å². The summed E-state index contributed by atoms with van der Waals surface area (Å²) in [4.78, 5) is 11.0. The SMILES string of the molecule is O=C1C=C(/C=C/C2CCC3(CCC(O)CC3)CC2)CO1. The van der Waals surface area contributed by atoms with Gasteiger partial charge in [-0.25, -0.2) is 4.79 Å². The molecule has 20 heavy (non-hydrogen) atoms. The summed E-state index contributed by atoms with van der Waals surface area (Å²) in [5.74, 6) is 0.428. The fraction of sp³-hybridized carbons (Fsp3) is 0.706. The zero-order chi connectivity index (χ0) is 14.0. The highest BCUT2D eigenvalue weighted by Crippen LogP contribution is 2.49. The molecule has 0 atom stereocenters. The quantitative estimate of drug-likeness (QED) is 0.788. The van der Waals surface area contributed by atoms with Gasteiger partial charge in [-0.15, -0.1) is 0 Å². The number of hydrogen-bond acceptors (Lipinski definition) is 3. The fourth-order valence-electron chi connectivity index (χ4n) is 3.90. The van der Waals surface area contributed by atoms with Gasteiger partial charge in [0.2, 0.25) is 0 Å². The van der Waals surface area contributed by atoms with Crippen LogP contribution in [0.5, 0.6) is 0 Å². The summed E-state index contributed by atoms with van der Waals surface area (Å²) in [5.41, 5.74) is 1.52. The van der Waals surface area contributed by atoms with Crippen LogP contribution in [0, 0.1) is 11.3 Å². The number of aliphatic hydroxyl groups excluding tert-OH is 1. The standard InChI is InChI=1S/C17H24O3/c18-15-5-9-17(10-6-15)7-3-13(4-8-17)1-2-14-11-16(19)20-12-14/h1-2,11,13,15,18H,3-10,12H2/b2-1+. The van der Waals surface area contributed by atoms with Gasteiger partial charge in [-0.1, -0.05) is 12.2 Å². The van der Waals surface area contributed by atoms with Gasteiger partial charge in [-0.2, -0.15) is 0 Å². The van der Waals surface area contributed by atoms with E-state index in [4.69, 9.17) is 4.74 Å². The van der Waals surface area contributed by atoms with Crippen LogP contribution in [0.1, 0.15) is 51.4 Å². The van der Waals surface area contributed by atoms with Crippen molar-refractivity contribution >= 4 is 5.97 Å². The number of carbonyl (C=O) groups is 1. The average Bonchev–Trinajstić information content (AvgIpc) is 2.88. The molecule has 0 radical (unpaired) electrons. The number of esters is 1. The average molecular weight is 276 g/mol. The lowest BCUT2D eigenvalue weighted by Crippen LogP contribution is -2.33. The van der Waals surface area contributed by atoms with Crippen LogP contribution in [0.2, 0.25) is 0 Å². The molecule has 0 unspecified atom stereocenters. The maximum absolute atomic E-state index is 11.0. The van der Waals surface area contributed by atoms with Crippen molar-refractivity contribution in [1.29, 1.82) is 0 Å². The van der Waals surface area contributed by atoms with Crippen molar-refractivity contribution in [1.82, 2.24) is 0 Å². The van der Waals surface area contributed by atoms with E-state index in [0.717, 1.165) is 18.4 Å². The zero-order valence-electron chi connectivity index (χ0n) is 12.0. The first-order chi connectivity index (χ1) is 9.65. The zero-order valence-corrected chi connectivity index (χ0v) is 12.0. The van der Waals surface area contributed by atoms with Crippen molar-refractivity contribution < 1.29 is 14.6 Å². The largest absolute Gasteiger partial charge is 0.458 e. The first-order valence-electron chi connectivity index (χ1n) is 7.89. The van der Waals surface area contributed by atoms with Crippen LogP contribution in [-0.2, 0) is 9.53 Å². The van der Waals surface area contributed by atoms with E-state index in [9.17, 15) is 9.90 Å². The van der Waals surface area contributed by atoms with Gasteiger partial charge in [0.05, 0.1) is 6.10 Å². The van der Waals surface area contributed by atoms with Crippen LogP contribution in [-0.4, -0.2) is 23.8 Å². The molecule has 110 valence electrons. The molecule has 2 saturated carbocycles. The van der Waals surface area contributed by atoms with E-state index in [1.165, 1.54) is 38.5 Å². The number of aliphatic hydroxyl groups is 1. The van der Waals surface area contributed by atoms with Gasteiger partial charge in [0.1, 0.15) is 6.61 Å². The van der Waals surface area contributed by atoms with Crippen LogP contribution in [0.15, 0.2) is 23.8 Å². The lowest BCUT2D eigenvalue weighted by atomic mass is 9.63.